The Bertz CT molecular complexity index is 819. The molecule has 0 spiro atoms. The third-order valence-corrected chi connectivity index (χ3v) is 10.6. The Labute approximate surface area is 198 Å². The van der Waals surface area contributed by atoms with Crippen molar-refractivity contribution in [3.63, 3.8) is 0 Å². The first-order valence-electron chi connectivity index (χ1n) is 12.0. The molecule has 3 atom stereocenters. The Kier molecular flexibility index (Phi) is 8.87. The minimum atomic E-state index is -3.01. The summed E-state index contributed by atoms with van der Waals surface area (Å²) in [6.07, 6.45) is 7.79. The summed E-state index contributed by atoms with van der Waals surface area (Å²) in [5, 5.41) is 3.65. The second-order valence-corrected chi connectivity index (χ2v) is 12.5. The van der Waals surface area contributed by atoms with E-state index >= 15 is 0 Å². The van der Waals surface area contributed by atoms with Gasteiger partial charge in [0.2, 0.25) is 0 Å². The minimum absolute atomic E-state index is 0.209. The number of rotatable bonds is 7. The van der Waals surface area contributed by atoms with E-state index in [9.17, 15) is 4.57 Å². The highest BCUT2D eigenvalue weighted by atomic mass is 79.9. The molecule has 1 aromatic carbocycles. The van der Waals surface area contributed by atoms with Gasteiger partial charge in [-0.3, -0.25) is 4.57 Å². The molecular formula is C25H39BrN3OP. The summed E-state index contributed by atoms with van der Waals surface area (Å²) in [5.74, 6) is 6.81. The van der Waals surface area contributed by atoms with Crippen LogP contribution in [0.25, 0.3) is 0 Å². The monoisotopic (exact) mass is 507 g/mol. The van der Waals surface area contributed by atoms with Crippen LogP contribution in [0.15, 0.2) is 28.7 Å². The van der Waals surface area contributed by atoms with Crippen molar-refractivity contribution in [2.75, 3.05) is 0 Å². The van der Waals surface area contributed by atoms with Gasteiger partial charge in [0.05, 0.1) is 0 Å². The van der Waals surface area contributed by atoms with E-state index in [0.717, 1.165) is 42.1 Å². The predicted octanol–water partition coefficient (Wildman–Crippen LogP) is 7.13. The van der Waals surface area contributed by atoms with Gasteiger partial charge >= 0.3 is 0 Å². The molecule has 1 heterocycles. The number of nitrogens with one attached hydrogen (secondary N) is 1. The van der Waals surface area contributed by atoms with E-state index < -0.39 is 7.59 Å². The van der Waals surface area contributed by atoms with Crippen LogP contribution < -0.4 is 5.09 Å². The Morgan fingerprint density at radius 3 is 2.19 bits per heavy atom. The summed E-state index contributed by atoms with van der Waals surface area (Å²) < 4.78 is 20.6. The smallest absolute Gasteiger partial charge is 0.270 e. The Hall–Kier alpha value is -0.630. The maximum Gasteiger partial charge on any atom is 0.286 e. The predicted molar refractivity (Wildman–Crippen MR) is 135 cm³/mol. The summed E-state index contributed by atoms with van der Waals surface area (Å²) in [4.78, 5) is 0. The van der Waals surface area contributed by atoms with Crippen molar-refractivity contribution >= 4 is 23.5 Å². The lowest BCUT2D eigenvalue weighted by Gasteiger charge is -2.37. The fourth-order valence-electron chi connectivity index (χ4n) is 5.25. The highest BCUT2D eigenvalue weighted by Crippen LogP contribution is 2.63. The number of benzene rings is 1. The van der Waals surface area contributed by atoms with Gasteiger partial charge in [-0.2, -0.15) is 0 Å². The molecule has 1 aliphatic heterocycles. The summed E-state index contributed by atoms with van der Waals surface area (Å²) in [6.45, 7) is 10.9. The second kappa shape index (κ2) is 11.0. The van der Waals surface area contributed by atoms with E-state index in [0.29, 0.717) is 12.1 Å². The van der Waals surface area contributed by atoms with Gasteiger partial charge in [-0.25, -0.2) is 14.4 Å². The maximum absolute atomic E-state index is 15.0. The highest BCUT2D eigenvalue weighted by Gasteiger charge is 2.57. The zero-order valence-corrected chi connectivity index (χ0v) is 22.3. The summed E-state index contributed by atoms with van der Waals surface area (Å²) >= 11 is 3.71. The van der Waals surface area contributed by atoms with Crippen LogP contribution in [0.2, 0.25) is 0 Å². The lowest BCUT2D eigenvalue weighted by atomic mass is 9.89. The molecule has 0 unspecified atom stereocenters. The van der Waals surface area contributed by atoms with Crippen molar-refractivity contribution in [2.45, 2.75) is 110 Å². The first kappa shape index (κ1) is 25.0. The van der Waals surface area contributed by atoms with E-state index in [1.807, 2.05) is 18.2 Å². The number of halogens is 1. The van der Waals surface area contributed by atoms with Gasteiger partial charge in [-0.15, -0.1) is 5.92 Å². The van der Waals surface area contributed by atoms with Gasteiger partial charge in [0.1, 0.15) is 6.04 Å². The quantitative estimate of drug-likeness (QED) is 0.242. The van der Waals surface area contributed by atoms with E-state index in [4.69, 9.17) is 0 Å². The lowest BCUT2D eigenvalue weighted by Crippen LogP contribution is -2.43. The van der Waals surface area contributed by atoms with Gasteiger partial charge < -0.3 is 0 Å². The van der Waals surface area contributed by atoms with Crippen LogP contribution in [0.5, 0.6) is 0 Å². The van der Waals surface area contributed by atoms with Gasteiger partial charge in [0.25, 0.3) is 7.59 Å². The fraction of sp³-hybridized carbons (Fsp3) is 0.680. The first-order chi connectivity index (χ1) is 14.8. The largest absolute Gasteiger partial charge is 0.286 e. The van der Waals surface area contributed by atoms with Crippen molar-refractivity contribution in [2.24, 2.45) is 0 Å². The molecular weight excluding hydrogens is 469 g/mol. The molecule has 0 aromatic heterocycles. The van der Waals surface area contributed by atoms with E-state index in [1.165, 1.54) is 12.8 Å². The van der Waals surface area contributed by atoms with Crippen LogP contribution in [0, 0.1) is 11.8 Å². The SMILES string of the molecule is CCCCC#C[C@@H](NP1(=O)N(C(C)C)[C@@H]2CCCC[C@H]2N1C(C)C)c1ccccc1Br. The van der Waals surface area contributed by atoms with Crippen LogP contribution in [0.3, 0.4) is 0 Å². The van der Waals surface area contributed by atoms with E-state index in [1.54, 1.807) is 0 Å². The van der Waals surface area contributed by atoms with Gasteiger partial charge in [0.15, 0.2) is 0 Å². The number of hydrogen-bond donors (Lipinski definition) is 1. The molecule has 31 heavy (non-hydrogen) atoms. The molecule has 1 N–H and O–H groups in total. The van der Waals surface area contributed by atoms with Gasteiger partial charge in [-0.1, -0.05) is 66.2 Å². The molecule has 0 amide bonds. The topological polar surface area (TPSA) is 35.6 Å². The molecule has 1 saturated heterocycles. The molecule has 1 saturated carbocycles. The van der Waals surface area contributed by atoms with Crippen molar-refractivity contribution in [1.82, 2.24) is 14.4 Å². The number of hydrogen-bond acceptors (Lipinski definition) is 1. The van der Waals surface area contributed by atoms with Crippen LogP contribution >= 0.6 is 23.5 Å². The summed E-state index contributed by atoms with van der Waals surface area (Å²) in [5.41, 5.74) is 1.06. The molecule has 1 aromatic rings. The van der Waals surface area contributed by atoms with Crippen molar-refractivity contribution in [3.8, 4) is 11.8 Å². The average Bonchev–Trinajstić information content (AvgIpc) is 2.98. The van der Waals surface area contributed by atoms with Crippen molar-refractivity contribution in [3.05, 3.63) is 34.3 Å². The standard InChI is InChI=1S/C25H39BrN3OP/c1-6-7-8-9-16-23(21-14-10-11-15-22(21)26)27-31(30)28(19(2)3)24-17-12-13-18-25(24)29(31)20(4)5/h10-11,14-15,19-20,23-25H,6-8,12-13,17-18H2,1-5H3,(H,27,30)/t23-,24-,25-/m1/s1. The zero-order valence-electron chi connectivity index (χ0n) is 19.8. The summed E-state index contributed by atoms with van der Waals surface area (Å²) in [7, 11) is -3.01. The number of fused-ring (bicyclic) bond motifs is 1. The third kappa shape index (κ3) is 5.31. The molecule has 3 rings (SSSR count). The summed E-state index contributed by atoms with van der Waals surface area (Å²) in [6, 6.07) is 9.02. The molecule has 0 bridgehead atoms. The normalized spacial score (nSPS) is 24.8. The van der Waals surface area contributed by atoms with E-state index in [-0.39, 0.29) is 18.1 Å². The Morgan fingerprint density at radius 2 is 1.68 bits per heavy atom. The molecule has 0 radical (unpaired) electrons. The zero-order chi connectivity index (χ0) is 22.6. The van der Waals surface area contributed by atoms with E-state index in [2.05, 4.69) is 82.9 Å². The van der Waals surface area contributed by atoms with Crippen LogP contribution in [-0.4, -0.2) is 33.5 Å². The number of unbranched alkanes of at least 4 members (excludes halogenated alkanes) is 2. The second-order valence-electron chi connectivity index (χ2n) is 9.42. The van der Waals surface area contributed by atoms with Crippen molar-refractivity contribution in [1.29, 1.82) is 0 Å². The average molecular weight is 508 g/mol. The third-order valence-electron chi connectivity index (χ3n) is 6.47. The molecule has 2 aliphatic rings. The molecule has 172 valence electrons. The fourth-order valence-corrected chi connectivity index (χ4v) is 9.41. The highest BCUT2D eigenvalue weighted by molar-refractivity contribution is 9.10. The molecule has 2 fully saturated rings. The minimum Gasteiger partial charge on any atom is -0.270 e. The number of nitrogens with zero attached hydrogens (tertiary/aromatic N) is 2. The van der Waals surface area contributed by atoms with Crippen molar-refractivity contribution < 1.29 is 4.57 Å². The molecule has 4 nitrogen and oxygen atoms in total. The maximum atomic E-state index is 15.0. The van der Waals surface area contributed by atoms with Gasteiger partial charge in [0, 0.05) is 35.1 Å². The molecule has 6 heteroatoms. The van der Waals surface area contributed by atoms with Gasteiger partial charge in [-0.05, 0) is 58.6 Å². The lowest BCUT2D eigenvalue weighted by molar-refractivity contribution is 0.173. The first-order valence-corrected chi connectivity index (χ1v) is 14.4. The van der Waals surface area contributed by atoms with Crippen LogP contribution in [0.1, 0.15) is 91.2 Å². The van der Waals surface area contributed by atoms with Crippen LogP contribution in [-0.2, 0) is 4.57 Å². The van der Waals surface area contributed by atoms with Crippen LogP contribution in [0.4, 0.5) is 0 Å². The Balaban J connectivity index is 2.04. The Morgan fingerprint density at radius 1 is 1.10 bits per heavy atom. The molecule has 1 aliphatic carbocycles.